The van der Waals surface area contributed by atoms with Crippen LogP contribution in [0, 0.1) is 6.92 Å². The van der Waals surface area contributed by atoms with Crippen LogP contribution in [0.2, 0.25) is 0 Å². The van der Waals surface area contributed by atoms with Crippen LogP contribution >= 0.6 is 11.3 Å². The number of rotatable bonds is 3. The van der Waals surface area contributed by atoms with E-state index in [1.165, 1.54) is 15.9 Å². The summed E-state index contributed by atoms with van der Waals surface area (Å²) in [6, 6.07) is 3.74. The Morgan fingerprint density at radius 3 is 2.94 bits per heavy atom. The number of hydrogen-bond acceptors (Lipinski definition) is 7. The third-order valence-electron chi connectivity index (χ3n) is 2.30. The molecule has 8 heteroatoms. The number of aryl methyl sites for hydroxylation is 1. The highest BCUT2D eigenvalue weighted by Crippen LogP contribution is 2.21. The predicted octanol–water partition coefficient (Wildman–Crippen LogP) is 1.30. The van der Waals surface area contributed by atoms with Crippen LogP contribution in [0.4, 0.5) is 0 Å². The Morgan fingerprint density at radius 2 is 2.28 bits per heavy atom. The Bertz CT molecular complexity index is 710. The summed E-state index contributed by atoms with van der Waals surface area (Å²) >= 11 is 1.47. The molecule has 0 N–H and O–H groups in total. The lowest BCUT2D eigenvalue weighted by atomic mass is 10.4. The maximum Gasteiger partial charge on any atom is 0.442 e. The number of hydrogen-bond donors (Lipinski definition) is 0. The van der Waals surface area contributed by atoms with Crippen LogP contribution in [0.5, 0.6) is 0 Å². The Labute approximate surface area is 105 Å². The third kappa shape index (κ3) is 1.86. The lowest BCUT2D eigenvalue weighted by Crippen LogP contribution is -2.16. The minimum atomic E-state index is -0.541. The van der Waals surface area contributed by atoms with Crippen LogP contribution in [0.1, 0.15) is 11.7 Å². The summed E-state index contributed by atoms with van der Waals surface area (Å²) in [5, 5.41) is 9.40. The fourth-order valence-electron chi connectivity index (χ4n) is 1.54. The van der Waals surface area contributed by atoms with Crippen molar-refractivity contribution in [1.82, 2.24) is 19.9 Å². The van der Waals surface area contributed by atoms with E-state index < -0.39 is 5.76 Å². The zero-order valence-corrected chi connectivity index (χ0v) is 10.2. The molecular formula is C10H8N4O3S. The first-order valence-electron chi connectivity index (χ1n) is 5.13. The molecule has 0 amide bonds. The topological polar surface area (TPSA) is 87.0 Å². The van der Waals surface area contributed by atoms with E-state index in [-0.39, 0.29) is 6.54 Å². The fourth-order valence-corrected chi connectivity index (χ4v) is 2.25. The van der Waals surface area contributed by atoms with E-state index in [0.29, 0.717) is 17.5 Å². The van der Waals surface area contributed by atoms with E-state index in [9.17, 15) is 4.79 Å². The molecule has 0 spiro atoms. The molecule has 0 atom stereocenters. The molecule has 3 aromatic heterocycles. The van der Waals surface area contributed by atoms with Crippen molar-refractivity contribution in [3.05, 3.63) is 39.8 Å². The molecule has 0 unspecified atom stereocenters. The van der Waals surface area contributed by atoms with Gasteiger partial charge in [0.2, 0.25) is 5.89 Å². The lowest BCUT2D eigenvalue weighted by Gasteiger charge is -1.98. The van der Waals surface area contributed by atoms with Gasteiger partial charge in [0.05, 0.1) is 11.4 Å². The average Bonchev–Trinajstić information content (AvgIpc) is 3.03. The normalized spacial score (nSPS) is 10.9. The van der Waals surface area contributed by atoms with Gasteiger partial charge in [-0.3, -0.25) is 4.52 Å². The zero-order chi connectivity index (χ0) is 12.5. The second kappa shape index (κ2) is 4.22. The summed E-state index contributed by atoms with van der Waals surface area (Å²) in [4.78, 5) is 16.5. The largest absolute Gasteiger partial charge is 0.442 e. The second-order valence-electron chi connectivity index (χ2n) is 3.57. The van der Waals surface area contributed by atoms with Gasteiger partial charge in [0, 0.05) is 6.92 Å². The molecule has 0 aromatic carbocycles. The molecule has 0 fully saturated rings. The minimum absolute atomic E-state index is 0.174. The van der Waals surface area contributed by atoms with Crippen LogP contribution < -0.4 is 5.76 Å². The van der Waals surface area contributed by atoms with Crippen molar-refractivity contribution in [3.8, 4) is 10.7 Å². The van der Waals surface area contributed by atoms with E-state index in [1.54, 1.807) is 6.92 Å². The molecule has 3 rings (SSSR count). The highest BCUT2D eigenvalue weighted by Gasteiger charge is 2.16. The molecule has 3 aromatic rings. The van der Waals surface area contributed by atoms with Crippen LogP contribution in [0.3, 0.4) is 0 Å². The van der Waals surface area contributed by atoms with Gasteiger partial charge in [0.1, 0.15) is 0 Å². The van der Waals surface area contributed by atoms with Gasteiger partial charge in [-0.25, -0.2) is 9.36 Å². The summed E-state index contributed by atoms with van der Waals surface area (Å²) in [7, 11) is 0. The lowest BCUT2D eigenvalue weighted by molar-refractivity contribution is 0.372. The van der Waals surface area contributed by atoms with Crippen molar-refractivity contribution >= 4 is 11.3 Å². The predicted molar refractivity (Wildman–Crippen MR) is 62.2 cm³/mol. The van der Waals surface area contributed by atoms with Crippen molar-refractivity contribution in [1.29, 1.82) is 0 Å². The average molecular weight is 264 g/mol. The van der Waals surface area contributed by atoms with Gasteiger partial charge in [-0.15, -0.1) is 11.3 Å². The van der Waals surface area contributed by atoms with E-state index in [0.717, 1.165) is 4.88 Å². The SMILES string of the molecule is Cc1nc(Cn2c(-c3cccs3)noc2=O)no1. The molecule has 92 valence electrons. The van der Waals surface area contributed by atoms with Crippen LogP contribution in [-0.2, 0) is 6.54 Å². The van der Waals surface area contributed by atoms with E-state index in [4.69, 9.17) is 4.52 Å². The van der Waals surface area contributed by atoms with Crippen molar-refractivity contribution in [2.45, 2.75) is 13.5 Å². The molecule has 0 aliphatic rings. The highest BCUT2D eigenvalue weighted by atomic mass is 32.1. The molecule has 0 aliphatic heterocycles. The summed E-state index contributed by atoms with van der Waals surface area (Å²) in [6.45, 7) is 1.86. The number of thiophene rings is 1. The van der Waals surface area contributed by atoms with Crippen molar-refractivity contribution < 1.29 is 9.05 Å². The van der Waals surface area contributed by atoms with Crippen LogP contribution in [-0.4, -0.2) is 19.9 Å². The first kappa shape index (κ1) is 10.9. The summed E-state index contributed by atoms with van der Waals surface area (Å²) in [6.07, 6.45) is 0. The standard InChI is InChI=1S/C10H8N4O3S/c1-6-11-8(12-16-6)5-14-9(13-17-10(14)15)7-3-2-4-18-7/h2-4H,5H2,1H3. The van der Waals surface area contributed by atoms with E-state index in [1.807, 2.05) is 17.5 Å². The van der Waals surface area contributed by atoms with E-state index in [2.05, 4.69) is 19.8 Å². The van der Waals surface area contributed by atoms with Gasteiger partial charge in [0.15, 0.2) is 11.6 Å². The molecule has 0 saturated heterocycles. The first-order valence-corrected chi connectivity index (χ1v) is 6.01. The van der Waals surface area contributed by atoms with E-state index >= 15 is 0 Å². The molecule has 0 aliphatic carbocycles. The third-order valence-corrected chi connectivity index (χ3v) is 3.16. The Kier molecular flexibility index (Phi) is 2.56. The van der Waals surface area contributed by atoms with Crippen LogP contribution in [0.25, 0.3) is 10.7 Å². The quantitative estimate of drug-likeness (QED) is 0.708. The first-order chi connectivity index (χ1) is 8.74. The smallest absolute Gasteiger partial charge is 0.340 e. The molecule has 0 saturated carbocycles. The van der Waals surface area contributed by atoms with Crippen molar-refractivity contribution in [2.75, 3.05) is 0 Å². The Balaban J connectivity index is 2.01. The van der Waals surface area contributed by atoms with Crippen LogP contribution in [0.15, 0.2) is 31.4 Å². The molecule has 0 radical (unpaired) electrons. The number of aromatic nitrogens is 4. The highest BCUT2D eigenvalue weighted by molar-refractivity contribution is 7.13. The van der Waals surface area contributed by atoms with Gasteiger partial charge in [0.25, 0.3) is 0 Å². The summed E-state index contributed by atoms with van der Waals surface area (Å²) in [5.41, 5.74) is 0. The molecular weight excluding hydrogens is 256 g/mol. The Hall–Kier alpha value is -2.22. The second-order valence-corrected chi connectivity index (χ2v) is 4.51. The van der Waals surface area contributed by atoms with Gasteiger partial charge < -0.3 is 4.52 Å². The Morgan fingerprint density at radius 1 is 1.39 bits per heavy atom. The minimum Gasteiger partial charge on any atom is -0.340 e. The van der Waals surface area contributed by atoms with Crippen molar-refractivity contribution in [2.24, 2.45) is 0 Å². The molecule has 7 nitrogen and oxygen atoms in total. The van der Waals surface area contributed by atoms with Gasteiger partial charge in [-0.05, 0) is 11.4 Å². The maximum absolute atomic E-state index is 11.6. The summed E-state index contributed by atoms with van der Waals surface area (Å²) in [5.74, 6) is 0.793. The molecule has 0 bridgehead atoms. The monoisotopic (exact) mass is 264 g/mol. The maximum atomic E-state index is 11.6. The summed E-state index contributed by atoms with van der Waals surface area (Å²) < 4.78 is 10.9. The van der Waals surface area contributed by atoms with Gasteiger partial charge in [-0.2, -0.15) is 4.98 Å². The zero-order valence-electron chi connectivity index (χ0n) is 9.36. The van der Waals surface area contributed by atoms with Gasteiger partial charge >= 0.3 is 5.76 Å². The molecule has 3 heterocycles. The number of nitrogens with zero attached hydrogens (tertiary/aromatic N) is 4. The molecule has 18 heavy (non-hydrogen) atoms. The fraction of sp³-hybridized carbons (Fsp3) is 0.200. The van der Waals surface area contributed by atoms with Crippen molar-refractivity contribution in [3.63, 3.8) is 0 Å². The van der Waals surface area contributed by atoms with Gasteiger partial charge in [-0.1, -0.05) is 16.4 Å².